The fraction of sp³-hybridized carbons (Fsp3) is 0.321. The van der Waals surface area contributed by atoms with E-state index in [0.29, 0.717) is 12.4 Å². The molecule has 3 N–H and O–H groups in total. The van der Waals surface area contributed by atoms with E-state index in [1.807, 2.05) is 30.6 Å². The van der Waals surface area contributed by atoms with Gasteiger partial charge in [-0.2, -0.15) is 0 Å². The molecule has 0 saturated carbocycles. The van der Waals surface area contributed by atoms with Gasteiger partial charge < -0.3 is 16.0 Å². The zero-order valence-corrected chi connectivity index (χ0v) is 20.7. The van der Waals surface area contributed by atoms with E-state index in [1.165, 1.54) is 16.1 Å². The van der Waals surface area contributed by atoms with Gasteiger partial charge >= 0.3 is 0 Å². The summed E-state index contributed by atoms with van der Waals surface area (Å²) in [5.41, 5.74) is 9.49. The average Bonchev–Trinajstić information content (AvgIpc) is 3.31. The number of aromatic nitrogens is 2. The Labute approximate surface area is 217 Å². The Kier molecular flexibility index (Phi) is 8.18. The number of amides is 1. The maximum Gasteiger partial charge on any atom is 0.261 e. The highest BCUT2D eigenvalue weighted by Crippen LogP contribution is 2.26. The van der Waals surface area contributed by atoms with Crippen LogP contribution in [0.2, 0.25) is 0 Å². The van der Waals surface area contributed by atoms with Crippen molar-refractivity contribution < 1.29 is 4.79 Å². The zero-order valence-electron chi connectivity index (χ0n) is 19.9. The van der Waals surface area contributed by atoms with E-state index in [0.717, 1.165) is 60.4 Å². The van der Waals surface area contributed by atoms with Crippen molar-refractivity contribution >= 4 is 39.5 Å². The molecule has 1 aromatic carbocycles. The summed E-state index contributed by atoms with van der Waals surface area (Å²) in [5, 5.41) is 5.04. The van der Waals surface area contributed by atoms with E-state index in [1.54, 1.807) is 17.5 Å². The van der Waals surface area contributed by atoms with Crippen molar-refractivity contribution in [2.24, 2.45) is 0 Å². The van der Waals surface area contributed by atoms with Crippen LogP contribution < -0.4 is 16.0 Å². The minimum atomic E-state index is -0.0206. The topological polar surface area (TPSA) is 87.4 Å². The molecule has 4 heterocycles. The van der Waals surface area contributed by atoms with Crippen molar-refractivity contribution in [3.8, 4) is 0 Å². The Balaban J connectivity index is 0.00000304. The molecule has 1 aliphatic rings. The van der Waals surface area contributed by atoms with Gasteiger partial charge in [0.1, 0.15) is 5.82 Å². The lowest BCUT2D eigenvalue weighted by atomic mass is 10.1. The number of thiophene rings is 1. The first-order valence-electron chi connectivity index (χ1n) is 12.0. The first-order valence-corrected chi connectivity index (χ1v) is 12.8. The van der Waals surface area contributed by atoms with Crippen LogP contribution in [0.5, 0.6) is 0 Å². The molecule has 0 bridgehead atoms. The normalized spacial score (nSPS) is 14.0. The standard InChI is InChI=1S/C27H30N6OS.CH4/c1-2-20-16-24(27(34)31-17-19-3-4-23-21(15-19)5-10-30-26(23)28)35-25(20)18-32-11-13-33(14-12-32)22-6-8-29-9-7-22;/h3-10,15-16H,2,11-14,17-18H2,1H3,(H2,28,30)(H,31,34);1H4. The van der Waals surface area contributed by atoms with E-state index in [2.05, 4.69) is 56.3 Å². The molecular formula is C28H34N6OS. The SMILES string of the molecule is C.CCc1cc(C(=O)NCc2ccc3c(N)nccc3c2)sc1CN1CCN(c2ccncc2)CC1. The number of nitrogen functional groups attached to an aromatic ring is 1. The number of aryl methyl sites for hydroxylation is 1. The maximum absolute atomic E-state index is 13.0. The third-order valence-corrected chi connectivity index (χ3v) is 7.74. The van der Waals surface area contributed by atoms with Gasteiger partial charge in [-0.15, -0.1) is 11.3 Å². The molecule has 0 aliphatic carbocycles. The number of rotatable bonds is 7. The van der Waals surface area contributed by atoms with Gasteiger partial charge in [0.2, 0.25) is 0 Å². The number of nitrogens with zero attached hydrogens (tertiary/aromatic N) is 4. The second-order valence-corrected chi connectivity index (χ2v) is 9.95. The lowest BCUT2D eigenvalue weighted by Gasteiger charge is -2.36. The number of hydrogen-bond acceptors (Lipinski definition) is 7. The number of benzene rings is 1. The van der Waals surface area contributed by atoms with E-state index >= 15 is 0 Å². The van der Waals surface area contributed by atoms with Crippen LogP contribution in [0.1, 0.15) is 40.0 Å². The molecule has 188 valence electrons. The maximum atomic E-state index is 13.0. The number of nitrogens with one attached hydrogen (secondary N) is 1. The smallest absolute Gasteiger partial charge is 0.261 e. The third-order valence-electron chi connectivity index (χ3n) is 6.58. The van der Waals surface area contributed by atoms with Crippen molar-refractivity contribution in [3.05, 3.63) is 81.9 Å². The zero-order chi connectivity index (χ0) is 24.2. The molecule has 8 heteroatoms. The van der Waals surface area contributed by atoms with Crippen molar-refractivity contribution in [1.29, 1.82) is 0 Å². The second kappa shape index (κ2) is 11.5. The van der Waals surface area contributed by atoms with Crippen LogP contribution in [0.15, 0.2) is 61.1 Å². The molecule has 1 fully saturated rings. The van der Waals surface area contributed by atoms with E-state index < -0.39 is 0 Å². The quantitative estimate of drug-likeness (QED) is 0.380. The largest absolute Gasteiger partial charge is 0.383 e. The van der Waals surface area contributed by atoms with Gasteiger partial charge in [0.05, 0.1) is 4.88 Å². The molecule has 36 heavy (non-hydrogen) atoms. The minimum Gasteiger partial charge on any atom is -0.383 e. The van der Waals surface area contributed by atoms with Gasteiger partial charge in [0.25, 0.3) is 5.91 Å². The summed E-state index contributed by atoms with van der Waals surface area (Å²) in [6, 6.07) is 14.1. The van der Waals surface area contributed by atoms with Gasteiger partial charge in [-0.3, -0.25) is 14.7 Å². The first kappa shape index (κ1) is 25.6. The van der Waals surface area contributed by atoms with Crippen LogP contribution in [-0.2, 0) is 19.5 Å². The summed E-state index contributed by atoms with van der Waals surface area (Å²) in [5.74, 6) is 0.503. The number of nitrogens with two attached hydrogens (primary N) is 1. The lowest BCUT2D eigenvalue weighted by Crippen LogP contribution is -2.45. The Morgan fingerprint density at radius 1 is 1.06 bits per heavy atom. The molecule has 0 radical (unpaired) electrons. The Morgan fingerprint density at radius 3 is 2.58 bits per heavy atom. The van der Waals surface area contributed by atoms with E-state index in [9.17, 15) is 4.79 Å². The summed E-state index contributed by atoms with van der Waals surface area (Å²) >= 11 is 1.62. The fourth-order valence-corrected chi connectivity index (χ4v) is 5.78. The Bertz CT molecular complexity index is 1310. The number of carbonyl (C=O) groups is 1. The monoisotopic (exact) mass is 502 g/mol. The highest BCUT2D eigenvalue weighted by atomic mass is 32.1. The van der Waals surface area contributed by atoms with Crippen molar-refractivity contribution in [2.45, 2.75) is 33.9 Å². The van der Waals surface area contributed by atoms with E-state index in [-0.39, 0.29) is 13.3 Å². The Hall–Kier alpha value is -3.49. The summed E-state index contributed by atoms with van der Waals surface area (Å²) in [4.78, 5) is 28.2. The first-order chi connectivity index (χ1) is 17.1. The molecule has 7 nitrogen and oxygen atoms in total. The molecular weight excluding hydrogens is 468 g/mol. The van der Waals surface area contributed by atoms with Crippen molar-refractivity contribution in [3.63, 3.8) is 0 Å². The van der Waals surface area contributed by atoms with Gasteiger partial charge in [-0.25, -0.2) is 4.98 Å². The van der Waals surface area contributed by atoms with Crippen LogP contribution in [0.4, 0.5) is 11.5 Å². The number of pyridine rings is 2. The summed E-state index contributed by atoms with van der Waals surface area (Å²) in [6.07, 6.45) is 6.33. The summed E-state index contributed by atoms with van der Waals surface area (Å²) < 4.78 is 0. The number of fused-ring (bicyclic) bond motifs is 1. The predicted octanol–water partition coefficient (Wildman–Crippen LogP) is 4.72. The molecule has 4 aromatic rings. The number of anilines is 2. The summed E-state index contributed by atoms with van der Waals surface area (Å²) in [7, 11) is 0. The van der Waals surface area contributed by atoms with Crippen LogP contribution >= 0.6 is 11.3 Å². The average molecular weight is 503 g/mol. The van der Waals surface area contributed by atoms with Gasteiger partial charge in [-0.1, -0.05) is 26.5 Å². The highest BCUT2D eigenvalue weighted by molar-refractivity contribution is 7.14. The molecule has 0 spiro atoms. The number of carbonyl (C=O) groups excluding carboxylic acids is 1. The third kappa shape index (κ3) is 5.66. The molecule has 0 atom stereocenters. The molecule has 5 rings (SSSR count). The van der Waals surface area contributed by atoms with Crippen molar-refractivity contribution in [1.82, 2.24) is 20.2 Å². The van der Waals surface area contributed by atoms with Gasteiger partial charge in [0, 0.05) is 73.8 Å². The summed E-state index contributed by atoms with van der Waals surface area (Å²) in [6.45, 7) is 7.54. The molecule has 1 aliphatic heterocycles. The highest BCUT2D eigenvalue weighted by Gasteiger charge is 2.20. The molecule has 1 saturated heterocycles. The number of hydrogen-bond donors (Lipinski definition) is 2. The molecule has 3 aromatic heterocycles. The molecule has 0 unspecified atom stereocenters. The van der Waals surface area contributed by atoms with Crippen LogP contribution in [-0.4, -0.2) is 47.0 Å². The second-order valence-electron chi connectivity index (χ2n) is 8.82. The molecule has 1 amide bonds. The van der Waals surface area contributed by atoms with Gasteiger partial charge in [0.15, 0.2) is 0 Å². The van der Waals surface area contributed by atoms with Gasteiger partial charge in [-0.05, 0) is 53.3 Å². The number of piperazine rings is 1. The predicted molar refractivity (Wildman–Crippen MR) is 149 cm³/mol. The Morgan fingerprint density at radius 2 is 1.83 bits per heavy atom. The van der Waals surface area contributed by atoms with Crippen LogP contribution in [0, 0.1) is 0 Å². The van der Waals surface area contributed by atoms with Crippen molar-refractivity contribution in [2.75, 3.05) is 36.8 Å². The van der Waals surface area contributed by atoms with Crippen LogP contribution in [0.25, 0.3) is 10.8 Å². The van der Waals surface area contributed by atoms with E-state index in [4.69, 9.17) is 5.73 Å². The van der Waals surface area contributed by atoms with Crippen LogP contribution in [0.3, 0.4) is 0 Å². The lowest BCUT2D eigenvalue weighted by molar-refractivity contribution is 0.0955. The fourth-order valence-electron chi connectivity index (χ4n) is 4.56. The minimum absolute atomic E-state index is 0.